The zero-order valence-electron chi connectivity index (χ0n) is 18.6. The molecule has 168 valence electrons. The Morgan fingerprint density at radius 1 is 0.969 bits per heavy atom. The van der Waals surface area contributed by atoms with Crippen LogP contribution in [0.4, 0.5) is 11.4 Å². The van der Waals surface area contributed by atoms with Gasteiger partial charge in [0.15, 0.2) is 11.5 Å². The Morgan fingerprint density at radius 3 is 2.53 bits per heavy atom. The van der Waals surface area contributed by atoms with Gasteiger partial charge >= 0.3 is 5.97 Å². The zero-order chi connectivity index (χ0) is 22.8. The molecule has 1 heterocycles. The van der Waals surface area contributed by atoms with Gasteiger partial charge in [-0.15, -0.1) is 0 Å². The highest BCUT2D eigenvalue weighted by molar-refractivity contribution is 5.91. The lowest BCUT2D eigenvalue weighted by Crippen LogP contribution is -2.18. The van der Waals surface area contributed by atoms with E-state index in [2.05, 4.69) is 9.88 Å². The topological polar surface area (TPSA) is 70.1 Å². The molecule has 0 bridgehead atoms. The molecule has 0 saturated heterocycles. The Hall–Kier alpha value is -3.58. The van der Waals surface area contributed by atoms with Crippen LogP contribution in [0.1, 0.15) is 22.8 Å². The Kier molecular flexibility index (Phi) is 8.45. The van der Waals surface area contributed by atoms with E-state index in [1.165, 1.54) is 0 Å². The molecule has 0 fully saturated rings. The third-order valence-corrected chi connectivity index (χ3v) is 4.74. The van der Waals surface area contributed by atoms with Crippen LogP contribution in [-0.4, -0.2) is 45.0 Å². The van der Waals surface area contributed by atoms with Crippen molar-refractivity contribution in [2.24, 2.45) is 0 Å². The van der Waals surface area contributed by atoms with Crippen molar-refractivity contribution in [3.8, 4) is 11.5 Å². The highest BCUT2D eigenvalue weighted by Gasteiger charge is 2.16. The van der Waals surface area contributed by atoms with Crippen molar-refractivity contribution in [2.75, 3.05) is 38.9 Å². The maximum absolute atomic E-state index is 12.3. The molecule has 0 amide bonds. The van der Waals surface area contributed by atoms with Gasteiger partial charge in [-0.05, 0) is 48.9 Å². The van der Waals surface area contributed by atoms with Crippen LogP contribution in [0.3, 0.4) is 0 Å². The predicted molar refractivity (Wildman–Crippen MR) is 123 cm³/mol. The number of carbonyl (C=O) groups excluding carboxylic acids is 1. The van der Waals surface area contributed by atoms with E-state index < -0.39 is 0 Å². The van der Waals surface area contributed by atoms with E-state index in [0.29, 0.717) is 43.4 Å². The highest BCUT2D eigenvalue weighted by Crippen LogP contribution is 2.36. The summed E-state index contributed by atoms with van der Waals surface area (Å²) >= 11 is 0. The molecule has 7 heteroatoms. The van der Waals surface area contributed by atoms with Crippen molar-refractivity contribution in [2.45, 2.75) is 13.5 Å². The number of carbonyl (C=O) groups is 1. The summed E-state index contributed by atoms with van der Waals surface area (Å²) in [5.74, 6) is 0.889. The number of ether oxygens (including phenoxy) is 4. The van der Waals surface area contributed by atoms with Gasteiger partial charge in [-0.3, -0.25) is 4.98 Å². The predicted octanol–water partition coefficient (Wildman–Crippen LogP) is 4.63. The number of esters is 1. The fourth-order valence-corrected chi connectivity index (χ4v) is 3.20. The summed E-state index contributed by atoms with van der Waals surface area (Å²) in [5.41, 5.74) is 3.23. The number of anilines is 2. The van der Waals surface area contributed by atoms with Crippen molar-refractivity contribution >= 4 is 17.3 Å². The second-order valence-corrected chi connectivity index (χ2v) is 6.89. The van der Waals surface area contributed by atoms with Gasteiger partial charge in [-0.25, -0.2) is 4.79 Å². The summed E-state index contributed by atoms with van der Waals surface area (Å²) in [4.78, 5) is 18.6. The third kappa shape index (κ3) is 5.98. The number of hydrogen-bond donors (Lipinski definition) is 0. The molecule has 0 spiro atoms. The first-order valence-electron chi connectivity index (χ1n) is 10.4. The summed E-state index contributed by atoms with van der Waals surface area (Å²) in [6, 6.07) is 17.0. The zero-order valence-corrected chi connectivity index (χ0v) is 18.6. The Balaban J connectivity index is 2.01. The van der Waals surface area contributed by atoms with Gasteiger partial charge in [-0.2, -0.15) is 0 Å². The van der Waals surface area contributed by atoms with Crippen LogP contribution >= 0.6 is 0 Å². The van der Waals surface area contributed by atoms with E-state index in [0.717, 1.165) is 16.9 Å². The second kappa shape index (κ2) is 11.7. The fourth-order valence-electron chi connectivity index (χ4n) is 3.20. The Bertz CT molecular complexity index is 1010. The maximum atomic E-state index is 12.3. The number of methoxy groups -OCH3 is 2. The van der Waals surface area contributed by atoms with Gasteiger partial charge in [0.05, 0.1) is 25.9 Å². The van der Waals surface area contributed by atoms with Crippen LogP contribution in [0.25, 0.3) is 0 Å². The molecule has 3 aromatic rings. The molecule has 0 atom stereocenters. The molecule has 0 unspecified atom stereocenters. The van der Waals surface area contributed by atoms with Gasteiger partial charge in [0.25, 0.3) is 0 Å². The van der Waals surface area contributed by atoms with Crippen molar-refractivity contribution < 1.29 is 23.7 Å². The second-order valence-electron chi connectivity index (χ2n) is 6.89. The van der Waals surface area contributed by atoms with Crippen molar-refractivity contribution in [1.29, 1.82) is 0 Å². The maximum Gasteiger partial charge on any atom is 0.338 e. The van der Waals surface area contributed by atoms with Gasteiger partial charge < -0.3 is 23.8 Å². The normalized spacial score (nSPS) is 10.5. The quantitative estimate of drug-likeness (QED) is 0.321. The minimum Gasteiger partial charge on any atom is -0.493 e. The lowest BCUT2D eigenvalue weighted by Gasteiger charge is -2.26. The largest absolute Gasteiger partial charge is 0.493 e. The first-order valence-corrected chi connectivity index (χ1v) is 10.4. The molecule has 3 rings (SSSR count). The molecule has 32 heavy (non-hydrogen) atoms. The number of aromatic nitrogens is 1. The van der Waals surface area contributed by atoms with E-state index >= 15 is 0 Å². The van der Waals surface area contributed by atoms with Crippen LogP contribution in [0.2, 0.25) is 0 Å². The lowest BCUT2D eigenvalue weighted by atomic mass is 10.1. The van der Waals surface area contributed by atoms with E-state index in [1.807, 2.05) is 54.7 Å². The monoisotopic (exact) mass is 436 g/mol. The number of benzene rings is 2. The minimum absolute atomic E-state index is 0.323. The molecular formula is C25H28N2O5. The third-order valence-electron chi connectivity index (χ3n) is 4.74. The lowest BCUT2D eigenvalue weighted by molar-refractivity contribution is 0.0526. The van der Waals surface area contributed by atoms with Crippen LogP contribution < -0.4 is 14.4 Å². The molecule has 7 nitrogen and oxygen atoms in total. The Morgan fingerprint density at radius 2 is 1.81 bits per heavy atom. The molecule has 1 aromatic heterocycles. The standard InChI is InChI=1S/C25H28N2O5/c1-4-31-25(28)20-8-5-9-21(15-20)27(18-19-7-6-12-26-17-19)22-10-11-23(30-3)24(16-22)32-14-13-29-2/h5-12,15-17H,4,13-14,18H2,1-3H3. The van der Waals surface area contributed by atoms with Gasteiger partial charge in [0.2, 0.25) is 0 Å². The molecule has 0 radical (unpaired) electrons. The molecule has 0 aliphatic rings. The minimum atomic E-state index is -0.353. The smallest absolute Gasteiger partial charge is 0.338 e. The van der Waals surface area contributed by atoms with Gasteiger partial charge in [0.1, 0.15) is 6.61 Å². The molecular weight excluding hydrogens is 408 g/mol. The molecule has 0 N–H and O–H groups in total. The van der Waals surface area contributed by atoms with Crippen LogP contribution in [-0.2, 0) is 16.0 Å². The fraction of sp³-hybridized carbons (Fsp3) is 0.280. The van der Waals surface area contributed by atoms with Crippen LogP contribution in [0, 0.1) is 0 Å². The van der Waals surface area contributed by atoms with E-state index in [9.17, 15) is 4.79 Å². The van der Waals surface area contributed by atoms with Crippen LogP contribution in [0.15, 0.2) is 67.0 Å². The molecule has 0 aliphatic carbocycles. The average molecular weight is 437 g/mol. The van der Waals surface area contributed by atoms with E-state index in [4.69, 9.17) is 18.9 Å². The number of hydrogen-bond acceptors (Lipinski definition) is 7. The molecule has 0 saturated carbocycles. The van der Waals surface area contributed by atoms with Gasteiger partial charge in [0, 0.05) is 43.5 Å². The van der Waals surface area contributed by atoms with Crippen molar-refractivity contribution in [3.05, 3.63) is 78.1 Å². The van der Waals surface area contributed by atoms with Crippen molar-refractivity contribution in [3.63, 3.8) is 0 Å². The SMILES string of the molecule is CCOC(=O)c1cccc(N(Cc2cccnc2)c2ccc(OC)c(OCCOC)c2)c1. The van der Waals surface area contributed by atoms with Crippen LogP contribution in [0.5, 0.6) is 11.5 Å². The first-order chi connectivity index (χ1) is 15.7. The summed E-state index contributed by atoms with van der Waals surface area (Å²) in [7, 11) is 3.23. The average Bonchev–Trinajstić information content (AvgIpc) is 2.83. The van der Waals surface area contributed by atoms with E-state index in [1.54, 1.807) is 33.4 Å². The summed E-state index contributed by atoms with van der Waals surface area (Å²) in [5, 5.41) is 0. The molecule has 2 aromatic carbocycles. The summed E-state index contributed by atoms with van der Waals surface area (Å²) in [6.07, 6.45) is 3.56. The first kappa shape index (κ1) is 23.1. The summed E-state index contributed by atoms with van der Waals surface area (Å²) < 4.78 is 21.6. The van der Waals surface area contributed by atoms with Crippen molar-refractivity contribution in [1.82, 2.24) is 4.98 Å². The van der Waals surface area contributed by atoms with E-state index in [-0.39, 0.29) is 5.97 Å². The number of rotatable bonds is 11. The number of nitrogens with zero attached hydrogens (tertiary/aromatic N) is 2. The molecule has 0 aliphatic heterocycles. The highest BCUT2D eigenvalue weighted by atomic mass is 16.5. The van der Waals surface area contributed by atoms with Gasteiger partial charge in [-0.1, -0.05) is 12.1 Å². The number of pyridine rings is 1. The Labute approximate surface area is 188 Å². The summed E-state index contributed by atoms with van der Waals surface area (Å²) in [6.45, 7) is 3.53.